The molecule has 0 radical (unpaired) electrons. The van der Waals surface area contributed by atoms with Crippen LogP contribution in [-0.2, 0) is 0 Å². The third-order valence-corrected chi connectivity index (χ3v) is 3.62. The van der Waals surface area contributed by atoms with Gasteiger partial charge in [0, 0.05) is 11.8 Å². The van der Waals surface area contributed by atoms with E-state index in [0.29, 0.717) is 5.82 Å². The van der Waals surface area contributed by atoms with Gasteiger partial charge >= 0.3 is 0 Å². The highest BCUT2D eigenvalue weighted by Crippen LogP contribution is 2.34. The molecule has 0 unspecified atom stereocenters. The maximum absolute atomic E-state index is 5.87. The fourth-order valence-corrected chi connectivity index (χ4v) is 2.61. The van der Waals surface area contributed by atoms with Crippen LogP contribution >= 0.6 is 0 Å². The normalized spacial score (nSPS) is 10.9. The first kappa shape index (κ1) is 12.6. The zero-order valence-electron chi connectivity index (χ0n) is 11.8. The van der Waals surface area contributed by atoms with Crippen LogP contribution in [0.3, 0.4) is 0 Å². The molecule has 0 atom stereocenters. The lowest BCUT2D eigenvalue weighted by atomic mass is 10.0. The van der Waals surface area contributed by atoms with E-state index in [4.69, 9.17) is 10.8 Å². The zero-order chi connectivity index (χ0) is 14.9. The van der Waals surface area contributed by atoms with Crippen LogP contribution in [0.5, 0.6) is 0 Å². The highest BCUT2D eigenvalue weighted by molar-refractivity contribution is 5.90. The second-order valence-corrected chi connectivity index (χ2v) is 5.08. The quantitative estimate of drug-likeness (QED) is 0.612. The van der Waals surface area contributed by atoms with Crippen molar-refractivity contribution >= 4 is 11.5 Å². The molecule has 0 aliphatic carbocycles. The average Bonchev–Trinajstić information content (AvgIpc) is 2.95. The molecule has 0 spiro atoms. The van der Waals surface area contributed by atoms with Crippen LogP contribution in [0.4, 0.5) is 5.82 Å². The van der Waals surface area contributed by atoms with Crippen molar-refractivity contribution in [3.63, 3.8) is 0 Å². The third kappa shape index (κ3) is 2.02. The second kappa shape index (κ2) is 5.00. The van der Waals surface area contributed by atoms with Crippen LogP contribution in [0, 0.1) is 0 Å². The Bertz CT molecular complexity index is 927. The lowest BCUT2D eigenvalue weighted by Gasteiger charge is -2.03. The first-order chi connectivity index (χ1) is 10.8. The van der Waals surface area contributed by atoms with Crippen molar-refractivity contribution in [3.8, 4) is 22.4 Å². The molecule has 0 aliphatic rings. The zero-order valence-corrected chi connectivity index (χ0v) is 11.8. The Morgan fingerprint density at radius 3 is 2.09 bits per heavy atom. The van der Waals surface area contributed by atoms with E-state index in [1.165, 1.54) is 0 Å². The average molecular weight is 286 g/mol. The van der Waals surface area contributed by atoms with E-state index >= 15 is 0 Å². The van der Waals surface area contributed by atoms with Gasteiger partial charge in [-0.3, -0.25) is 0 Å². The topological polar surface area (TPSA) is 56.2 Å². The summed E-state index contributed by atoms with van der Waals surface area (Å²) in [7, 11) is 0. The molecule has 4 rings (SSSR count). The van der Waals surface area contributed by atoms with Crippen LogP contribution in [0.2, 0.25) is 0 Å². The number of hydrogen-bond acceptors (Lipinski definition) is 3. The molecule has 4 nitrogen and oxygen atoms in total. The van der Waals surface area contributed by atoms with E-state index in [2.05, 4.69) is 29.2 Å². The van der Waals surface area contributed by atoms with Gasteiger partial charge in [0.25, 0.3) is 0 Å². The van der Waals surface area contributed by atoms with Crippen molar-refractivity contribution in [2.75, 3.05) is 5.73 Å². The van der Waals surface area contributed by atoms with E-state index in [9.17, 15) is 0 Å². The summed E-state index contributed by atoms with van der Waals surface area (Å²) < 4.78 is 1.78. The predicted octanol–water partition coefficient (Wildman–Crippen LogP) is 3.65. The van der Waals surface area contributed by atoms with Gasteiger partial charge in [0.1, 0.15) is 11.5 Å². The molecular weight excluding hydrogens is 272 g/mol. The van der Waals surface area contributed by atoms with Gasteiger partial charge in [-0.25, -0.2) is 9.50 Å². The molecule has 2 heterocycles. The first-order valence-electron chi connectivity index (χ1n) is 7.08. The summed E-state index contributed by atoms with van der Waals surface area (Å²) in [5.41, 5.74) is 10.7. The Kier molecular flexibility index (Phi) is 2.86. The van der Waals surface area contributed by atoms with Gasteiger partial charge in [-0.15, -0.1) is 0 Å². The standard InChI is InChI=1S/C18H14N4/c19-15-11-12-22-18(20-15)16(13-7-3-1-4-8-13)17(21-22)14-9-5-2-6-10-14/h1-12H,(H2,19,20). The lowest BCUT2D eigenvalue weighted by molar-refractivity contribution is 0.946. The molecule has 0 amide bonds. The monoisotopic (exact) mass is 286 g/mol. The van der Waals surface area contributed by atoms with Gasteiger partial charge in [-0.05, 0) is 11.6 Å². The molecule has 0 fully saturated rings. The van der Waals surface area contributed by atoms with Crippen LogP contribution in [0.1, 0.15) is 0 Å². The molecule has 4 heteroatoms. The molecule has 0 saturated carbocycles. The summed E-state index contributed by atoms with van der Waals surface area (Å²) in [6.45, 7) is 0. The first-order valence-corrected chi connectivity index (χ1v) is 7.08. The fourth-order valence-electron chi connectivity index (χ4n) is 2.61. The molecule has 0 bridgehead atoms. The Hall–Kier alpha value is -3.14. The number of rotatable bonds is 2. The summed E-state index contributed by atoms with van der Waals surface area (Å²) in [4.78, 5) is 4.48. The van der Waals surface area contributed by atoms with Crippen molar-refractivity contribution in [3.05, 3.63) is 72.9 Å². The summed E-state index contributed by atoms with van der Waals surface area (Å²) in [6.07, 6.45) is 1.84. The number of nitrogens with zero attached hydrogens (tertiary/aromatic N) is 3. The predicted molar refractivity (Wildman–Crippen MR) is 88.3 cm³/mol. The minimum Gasteiger partial charge on any atom is -0.384 e. The number of benzene rings is 2. The molecule has 4 aromatic rings. The molecule has 2 aromatic heterocycles. The number of hydrogen-bond donors (Lipinski definition) is 1. The third-order valence-electron chi connectivity index (χ3n) is 3.62. The van der Waals surface area contributed by atoms with Crippen molar-refractivity contribution in [2.45, 2.75) is 0 Å². The van der Waals surface area contributed by atoms with Gasteiger partial charge in [0.05, 0.1) is 5.56 Å². The number of anilines is 1. The van der Waals surface area contributed by atoms with Gasteiger partial charge in [0.2, 0.25) is 0 Å². The molecule has 0 saturated heterocycles. The maximum Gasteiger partial charge on any atom is 0.165 e. The lowest BCUT2D eigenvalue weighted by Crippen LogP contribution is -1.95. The van der Waals surface area contributed by atoms with E-state index in [1.807, 2.05) is 42.6 Å². The SMILES string of the molecule is Nc1ccn2nc(-c3ccccc3)c(-c3ccccc3)c2n1. The highest BCUT2D eigenvalue weighted by atomic mass is 15.3. The van der Waals surface area contributed by atoms with Crippen LogP contribution in [-0.4, -0.2) is 14.6 Å². The number of nitrogen functional groups attached to an aromatic ring is 1. The summed E-state index contributed by atoms with van der Waals surface area (Å²) >= 11 is 0. The second-order valence-electron chi connectivity index (χ2n) is 5.08. The van der Waals surface area contributed by atoms with Crippen molar-refractivity contribution in [1.29, 1.82) is 0 Å². The minimum atomic E-state index is 0.490. The molecule has 0 aliphatic heterocycles. The molecule has 22 heavy (non-hydrogen) atoms. The summed E-state index contributed by atoms with van der Waals surface area (Å²) in [6, 6.07) is 22.0. The number of nitrogens with two attached hydrogens (primary N) is 1. The summed E-state index contributed by atoms with van der Waals surface area (Å²) in [5.74, 6) is 0.490. The van der Waals surface area contributed by atoms with Crippen molar-refractivity contribution < 1.29 is 0 Å². The number of aromatic nitrogens is 3. The Morgan fingerprint density at radius 1 is 0.773 bits per heavy atom. The fraction of sp³-hybridized carbons (Fsp3) is 0. The van der Waals surface area contributed by atoms with E-state index in [0.717, 1.165) is 28.0 Å². The highest BCUT2D eigenvalue weighted by Gasteiger charge is 2.17. The number of fused-ring (bicyclic) bond motifs is 1. The molecule has 2 aromatic carbocycles. The Labute approximate surface area is 127 Å². The maximum atomic E-state index is 5.87. The minimum absolute atomic E-state index is 0.490. The van der Waals surface area contributed by atoms with E-state index < -0.39 is 0 Å². The van der Waals surface area contributed by atoms with Gasteiger partial charge < -0.3 is 5.73 Å². The van der Waals surface area contributed by atoms with Gasteiger partial charge in [0.15, 0.2) is 5.65 Å². The van der Waals surface area contributed by atoms with Crippen LogP contribution in [0.25, 0.3) is 28.0 Å². The Balaban J connectivity index is 2.08. The van der Waals surface area contributed by atoms with Gasteiger partial charge in [-0.1, -0.05) is 60.7 Å². The largest absolute Gasteiger partial charge is 0.384 e. The van der Waals surface area contributed by atoms with Crippen molar-refractivity contribution in [1.82, 2.24) is 14.6 Å². The summed E-state index contributed by atoms with van der Waals surface area (Å²) in [5, 5.41) is 4.70. The Morgan fingerprint density at radius 2 is 1.41 bits per heavy atom. The van der Waals surface area contributed by atoms with E-state index in [-0.39, 0.29) is 0 Å². The van der Waals surface area contributed by atoms with Gasteiger partial charge in [-0.2, -0.15) is 5.10 Å². The van der Waals surface area contributed by atoms with Crippen LogP contribution < -0.4 is 5.73 Å². The molecule has 106 valence electrons. The van der Waals surface area contributed by atoms with E-state index in [1.54, 1.807) is 10.6 Å². The molecular formula is C18H14N4. The van der Waals surface area contributed by atoms with Crippen LogP contribution in [0.15, 0.2) is 72.9 Å². The molecule has 2 N–H and O–H groups in total. The smallest absolute Gasteiger partial charge is 0.165 e. The van der Waals surface area contributed by atoms with Crippen molar-refractivity contribution in [2.24, 2.45) is 0 Å².